The highest BCUT2D eigenvalue weighted by atomic mass is 79.9. The lowest BCUT2D eigenvalue weighted by atomic mass is 10.0. The average Bonchev–Trinajstić information content (AvgIpc) is 2.35. The molecule has 0 aromatic heterocycles. The number of Topliss-reactive ketones (excluding diaryl/α,β-unsaturated/α-hetero) is 1. The van der Waals surface area contributed by atoms with E-state index in [4.69, 9.17) is 0 Å². The molecular weight excluding hydrogens is 352 g/mol. The maximum absolute atomic E-state index is 11.5. The predicted octanol–water partition coefficient (Wildman–Crippen LogP) is 3.39. The van der Waals surface area contributed by atoms with Gasteiger partial charge >= 0.3 is 5.97 Å². The third-order valence-electron chi connectivity index (χ3n) is 2.33. The van der Waals surface area contributed by atoms with Crippen LogP contribution in [0, 0.1) is 0 Å². The molecule has 0 saturated heterocycles. The van der Waals surface area contributed by atoms with E-state index in [0.717, 1.165) is 11.1 Å². The molecule has 1 unspecified atom stereocenters. The summed E-state index contributed by atoms with van der Waals surface area (Å²) in [7, 11) is 1.34. The van der Waals surface area contributed by atoms with Crippen molar-refractivity contribution in [1.82, 2.24) is 0 Å². The van der Waals surface area contributed by atoms with Gasteiger partial charge in [0.05, 0.1) is 17.5 Å². The van der Waals surface area contributed by atoms with E-state index in [1.54, 1.807) is 12.1 Å². The molecule has 0 fully saturated rings. The van der Waals surface area contributed by atoms with Crippen molar-refractivity contribution in [3.05, 3.63) is 34.9 Å². The van der Waals surface area contributed by atoms with Crippen LogP contribution >= 0.6 is 31.9 Å². The van der Waals surface area contributed by atoms with Crippen LogP contribution in [0.1, 0.15) is 33.2 Å². The topological polar surface area (TPSA) is 43.4 Å². The van der Waals surface area contributed by atoms with Crippen LogP contribution in [0.5, 0.6) is 0 Å². The number of benzene rings is 1. The second-order valence-electron chi connectivity index (χ2n) is 3.52. The van der Waals surface area contributed by atoms with E-state index in [2.05, 4.69) is 36.6 Å². The summed E-state index contributed by atoms with van der Waals surface area (Å²) in [5.74, 6) is -0.351. The first-order valence-corrected chi connectivity index (χ1v) is 6.96. The molecule has 1 rings (SSSR count). The summed E-state index contributed by atoms with van der Waals surface area (Å²) in [6, 6.07) is 5.25. The Labute approximate surface area is 117 Å². The van der Waals surface area contributed by atoms with Gasteiger partial charge in [-0.1, -0.05) is 44.0 Å². The highest BCUT2D eigenvalue weighted by molar-refractivity contribution is 9.09. The first kappa shape index (κ1) is 14.4. The summed E-state index contributed by atoms with van der Waals surface area (Å²) in [4.78, 5) is 22.4. The van der Waals surface area contributed by atoms with Crippen molar-refractivity contribution < 1.29 is 14.3 Å². The summed E-state index contributed by atoms with van der Waals surface area (Å²) >= 11 is 6.63. The number of esters is 1. The number of alkyl halides is 2. The Morgan fingerprint density at radius 3 is 2.53 bits per heavy atom. The first-order valence-electron chi connectivity index (χ1n) is 4.93. The number of methoxy groups -OCH3 is 1. The van der Waals surface area contributed by atoms with Gasteiger partial charge < -0.3 is 4.74 Å². The number of carbonyl (C=O) groups is 2. The average molecular weight is 364 g/mol. The van der Waals surface area contributed by atoms with Crippen molar-refractivity contribution in [2.45, 2.75) is 17.1 Å². The molecule has 0 radical (unpaired) electrons. The number of hydrogen-bond donors (Lipinski definition) is 0. The third-order valence-corrected chi connectivity index (χ3v) is 4.11. The lowest BCUT2D eigenvalue weighted by Gasteiger charge is -2.11. The Morgan fingerprint density at radius 1 is 1.41 bits per heavy atom. The van der Waals surface area contributed by atoms with Crippen LogP contribution < -0.4 is 0 Å². The molecule has 3 nitrogen and oxygen atoms in total. The van der Waals surface area contributed by atoms with Crippen molar-refractivity contribution in [3.63, 3.8) is 0 Å². The van der Waals surface area contributed by atoms with Gasteiger partial charge in [-0.05, 0) is 24.1 Å². The summed E-state index contributed by atoms with van der Waals surface area (Å²) in [5.41, 5.74) is 2.15. The van der Waals surface area contributed by atoms with Crippen molar-refractivity contribution in [1.29, 1.82) is 0 Å². The largest absolute Gasteiger partial charge is 0.465 e. The maximum Gasteiger partial charge on any atom is 0.338 e. The van der Waals surface area contributed by atoms with Gasteiger partial charge in [-0.15, -0.1) is 0 Å². The van der Waals surface area contributed by atoms with Crippen LogP contribution in [0.3, 0.4) is 0 Å². The summed E-state index contributed by atoms with van der Waals surface area (Å²) in [6.45, 7) is 1.52. The van der Waals surface area contributed by atoms with Gasteiger partial charge in [-0.3, -0.25) is 4.79 Å². The lowest BCUT2D eigenvalue weighted by molar-refractivity contribution is -0.116. The smallest absolute Gasteiger partial charge is 0.338 e. The number of carbonyl (C=O) groups excluding carboxylic acids is 2. The Hall–Kier alpha value is -0.680. The Morgan fingerprint density at radius 2 is 2.06 bits per heavy atom. The van der Waals surface area contributed by atoms with Crippen molar-refractivity contribution in [3.8, 4) is 0 Å². The molecule has 0 bridgehead atoms. The van der Waals surface area contributed by atoms with Crippen LogP contribution in [-0.2, 0) is 14.9 Å². The second-order valence-corrected chi connectivity index (χ2v) is 4.99. The summed E-state index contributed by atoms with van der Waals surface area (Å²) in [5, 5.41) is 0.531. The third kappa shape index (κ3) is 3.39. The molecule has 0 amide bonds. The SMILES string of the molecule is COC(=O)c1ccc(C(Br)C(C)=O)cc1CBr. The zero-order valence-corrected chi connectivity index (χ0v) is 12.7. The molecule has 0 N–H and O–H groups in total. The number of rotatable bonds is 4. The standard InChI is InChI=1S/C12H12Br2O3/c1-7(15)11(14)8-3-4-10(12(16)17-2)9(5-8)6-13/h3-5,11H,6H2,1-2H3. The minimum absolute atomic E-state index is 0.0244. The fourth-order valence-corrected chi connectivity index (χ4v) is 2.17. The van der Waals surface area contributed by atoms with Gasteiger partial charge in [-0.2, -0.15) is 0 Å². The monoisotopic (exact) mass is 362 g/mol. The van der Waals surface area contributed by atoms with Crippen LogP contribution in [0.25, 0.3) is 0 Å². The number of hydrogen-bond acceptors (Lipinski definition) is 3. The fourth-order valence-electron chi connectivity index (χ4n) is 1.43. The molecule has 5 heteroatoms. The van der Waals surface area contributed by atoms with Crippen molar-refractivity contribution >= 4 is 43.6 Å². The summed E-state index contributed by atoms with van der Waals surface area (Å²) < 4.78 is 4.69. The van der Waals surface area contributed by atoms with Gasteiger partial charge in [0, 0.05) is 5.33 Å². The van der Waals surface area contributed by atoms with Crippen molar-refractivity contribution in [2.24, 2.45) is 0 Å². The highest BCUT2D eigenvalue weighted by Crippen LogP contribution is 2.27. The van der Waals surface area contributed by atoms with Gasteiger partial charge in [-0.25, -0.2) is 4.79 Å². The maximum atomic E-state index is 11.5. The molecule has 1 aromatic rings. The van der Waals surface area contributed by atoms with E-state index >= 15 is 0 Å². The fraction of sp³-hybridized carbons (Fsp3) is 0.333. The number of ether oxygens (including phenoxy) is 1. The molecule has 92 valence electrons. The molecule has 1 aromatic carbocycles. The minimum atomic E-state index is -0.375. The van der Waals surface area contributed by atoms with E-state index < -0.39 is 0 Å². The van der Waals surface area contributed by atoms with Crippen LogP contribution in [-0.4, -0.2) is 18.9 Å². The van der Waals surface area contributed by atoms with Gasteiger partial charge in [0.25, 0.3) is 0 Å². The molecule has 0 spiro atoms. The van der Waals surface area contributed by atoms with Crippen LogP contribution in [0.4, 0.5) is 0 Å². The van der Waals surface area contributed by atoms with E-state index in [9.17, 15) is 9.59 Å². The van der Waals surface area contributed by atoms with Crippen LogP contribution in [0.15, 0.2) is 18.2 Å². The number of halogens is 2. The first-order chi connectivity index (χ1) is 8.01. The molecule has 1 atom stereocenters. The lowest BCUT2D eigenvalue weighted by Crippen LogP contribution is -2.07. The van der Waals surface area contributed by atoms with E-state index in [1.165, 1.54) is 14.0 Å². The molecule has 0 aliphatic carbocycles. The molecule has 0 aliphatic rings. The van der Waals surface area contributed by atoms with E-state index in [1.807, 2.05) is 6.07 Å². The van der Waals surface area contributed by atoms with Crippen molar-refractivity contribution in [2.75, 3.05) is 7.11 Å². The molecule has 0 saturated carbocycles. The van der Waals surface area contributed by atoms with Gasteiger partial charge in [0.1, 0.15) is 5.78 Å². The van der Waals surface area contributed by atoms with E-state index in [0.29, 0.717) is 10.9 Å². The van der Waals surface area contributed by atoms with Gasteiger partial charge in [0.15, 0.2) is 0 Å². The molecule has 17 heavy (non-hydrogen) atoms. The highest BCUT2D eigenvalue weighted by Gasteiger charge is 2.17. The normalized spacial score (nSPS) is 12.0. The molecular formula is C12H12Br2O3. The zero-order chi connectivity index (χ0) is 13.0. The van der Waals surface area contributed by atoms with Gasteiger partial charge in [0.2, 0.25) is 0 Å². The number of ketones is 1. The summed E-state index contributed by atoms with van der Waals surface area (Å²) in [6.07, 6.45) is 0. The second kappa shape index (κ2) is 6.31. The van der Waals surface area contributed by atoms with E-state index in [-0.39, 0.29) is 16.6 Å². The molecule has 0 heterocycles. The predicted molar refractivity (Wildman–Crippen MR) is 72.8 cm³/mol. The minimum Gasteiger partial charge on any atom is -0.465 e. The zero-order valence-electron chi connectivity index (χ0n) is 9.50. The Balaban J connectivity index is 3.17. The quantitative estimate of drug-likeness (QED) is 0.608. The van der Waals surface area contributed by atoms with Crippen LogP contribution in [0.2, 0.25) is 0 Å². The molecule has 0 aliphatic heterocycles. The Bertz CT molecular complexity index is 443. The Kier molecular flexibility index (Phi) is 5.33.